The van der Waals surface area contributed by atoms with Crippen molar-refractivity contribution in [3.8, 4) is 0 Å². The lowest BCUT2D eigenvalue weighted by atomic mass is 9.97. The number of carboxylic acids is 1. The van der Waals surface area contributed by atoms with E-state index in [0.717, 1.165) is 25.7 Å². The van der Waals surface area contributed by atoms with Crippen molar-refractivity contribution in [3.05, 3.63) is 24.2 Å². The minimum Gasteiger partial charge on any atom is -0.481 e. The zero-order valence-electron chi connectivity index (χ0n) is 15.3. The highest BCUT2D eigenvalue weighted by Crippen LogP contribution is 2.29. The number of unbranched alkanes of at least 4 members (excludes halogenated alkanes) is 3. The van der Waals surface area contributed by atoms with Crippen molar-refractivity contribution in [2.24, 2.45) is 5.92 Å². The van der Waals surface area contributed by atoms with Crippen molar-refractivity contribution >= 4 is 11.8 Å². The molecule has 5 nitrogen and oxygen atoms in total. The van der Waals surface area contributed by atoms with E-state index in [-0.39, 0.29) is 11.5 Å². The lowest BCUT2D eigenvalue weighted by molar-refractivity contribution is -0.137. The quantitative estimate of drug-likeness (QED) is 0.465. The molecule has 1 aliphatic rings. The normalized spacial score (nSPS) is 15.4. The van der Waals surface area contributed by atoms with E-state index in [1.54, 1.807) is 12.1 Å². The van der Waals surface area contributed by atoms with Crippen LogP contribution in [-0.4, -0.2) is 28.1 Å². The van der Waals surface area contributed by atoms with Crippen LogP contribution in [-0.2, 0) is 4.79 Å². The molecule has 1 aliphatic carbocycles. The number of carbonyl (C=O) groups is 2. The molecule has 0 aromatic carbocycles. The van der Waals surface area contributed by atoms with Crippen LogP contribution in [0.25, 0.3) is 0 Å². The second-order valence-electron chi connectivity index (χ2n) is 6.79. The predicted molar refractivity (Wildman–Crippen MR) is 96.6 cm³/mol. The van der Waals surface area contributed by atoms with Gasteiger partial charge in [-0.3, -0.25) is 9.59 Å². The van der Waals surface area contributed by atoms with Crippen molar-refractivity contribution in [2.45, 2.75) is 83.7 Å². The number of aliphatic hydroxyl groups is 1. The molecule has 2 N–H and O–H groups in total. The summed E-state index contributed by atoms with van der Waals surface area (Å²) in [7, 11) is 0. The topological polar surface area (TPSA) is 87.7 Å². The molecule has 0 saturated heterocycles. The Kier molecular flexibility index (Phi) is 10.9. The highest BCUT2D eigenvalue weighted by Gasteiger charge is 2.22. The van der Waals surface area contributed by atoms with Crippen LogP contribution in [0.1, 0.15) is 88.1 Å². The van der Waals surface area contributed by atoms with E-state index >= 15 is 0 Å². The van der Waals surface area contributed by atoms with Crippen LogP contribution in [0, 0.1) is 5.92 Å². The summed E-state index contributed by atoms with van der Waals surface area (Å²) in [4.78, 5) is 21.6. The Bertz CT molecular complexity index is 474. The van der Waals surface area contributed by atoms with E-state index in [1.807, 2.05) is 0 Å². The monoisotopic (exact) mass is 352 g/mol. The molecule has 0 aliphatic heterocycles. The molecular formula is C20H32O5. The van der Waals surface area contributed by atoms with E-state index in [9.17, 15) is 14.7 Å². The number of furan rings is 1. The fourth-order valence-corrected chi connectivity index (χ4v) is 3.11. The Labute approximate surface area is 150 Å². The maximum absolute atomic E-state index is 11.7. The number of carbonyl (C=O) groups excluding carboxylic acids is 1. The van der Waals surface area contributed by atoms with Gasteiger partial charge in [0.25, 0.3) is 0 Å². The summed E-state index contributed by atoms with van der Waals surface area (Å²) >= 11 is 0. The van der Waals surface area contributed by atoms with Gasteiger partial charge in [0, 0.05) is 6.42 Å². The standard InChI is InChI=1S/C13H18O3.C7H14O2/c14-11(8-7-10-4-1-2-5-10)13(15)12-6-3-9-16-12;1-2-3-4-5-6-7(8)9/h3,6,9-11,14H,1-2,4-5,7-8H2;2-6H2,1H3,(H,8,9). The van der Waals surface area contributed by atoms with Crippen LogP contribution in [0.3, 0.4) is 0 Å². The molecule has 1 aromatic rings. The summed E-state index contributed by atoms with van der Waals surface area (Å²) in [6, 6.07) is 3.26. The number of rotatable bonds is 10. The molecule has 2 rings (SSSR count). The van der Waals surface area contributed by atoms with Gasteiger partial charge in [0.1, 0.15) is 6.10 Å². The van der Waals surface area contributed by atoms with Crippen LogP contribution >= 0.6 is 0 Å². The van der Waals surface area contributed by atoms with Crippen LogP contribution < -0.4 is 0 Å². The first-order valence-corrected chi connectivity index (χ1v) is 9.52. The maximum Gasteiger partial charge on any atom is 0.303 e. The number of hydrogen-bond donors (Lipinski definition) is 2. The molecule has 1 atom stereocenters. The van der Waals surface area contributed by atoms with E-state index in [0.29, 0.717) is 18.8 Å². The number of ketones is 1. The molecule has 0 bridgehead atoms. The molecule has 1 aromatic heterocycles. The third-order valence-corrected chi connectivity index (χ3v) is 4.63. The van der Waals surface area contributed by atoms with Crippen molar-refractivity contribution in [2.75, 3.05) is 0 Å². The highest BCUT2D eigenvalue weighted by atomic mass is 16.4. The SMILES string of the molecule is CCCCCCC(=O)O.O=C(c1ccco1)C(O)CCC1CCCC1. The summed E-state index contributed by atoms with van der Waals surface area (Å²) in [5.41, 5.74) is 0. The van der Waals surface area contributed by atoms with E-state index in [4.69, 9.17) is 9.52 Å². The average molecular weight is 352 g/mol. The van der Waals surface area contributed by atoms with E-state index in [2.05, 4.69) is 6.92 Å². The van der Waals surface area contributed by atoms with Crippen molar-refractivity contribution in [3.63, 3.8) is 0 Å². The first-order chi connectivity index (χ1) is 12.0. The van der Waals surface area contributed by atoms with Gasteiger partial charge < -0.3 is 14.6 Å². The molecule has 5 heteroatoms. The Morgan fingerprint density at radius 2 is 1.96 bits per heavy atom. The van der Waals surface area contributed by atoms with Gasteiger partial charge in [0.05, 0.1) is 6.26 Å². The molecule has 1 unspecified atom stereocenters. The zero-order chi connectivity index (χ0) is 18.5. The molecule has 1 saturated carbocycles. The Balaban J connectivity index is 0.000000299. The molecule has 142 valence electrons. The number of aliphatic carboxylic acids is 1. The van der Waals surface area contributed by atoms with Crippen LogP contribution in [0.4, 0.5) is 0 Å². The molecular weight excluding hydrogens is 320 g/mol. The van der Waals surface area contributed by atoms with E-state index in [1.165, 1.54) is 38.4 Å². The predicted octanol–water partition coefficient (Wildman–Crippen LogP) is 4.84. The number of carboxylic acid groups (broad SMARTS) is 1. The second-order valence-corrected chi connectivity index (χ2v) is 6.79. The van der Waals surface area contributed by atoms with Crippen LogP contribution in [0.15, 0.2) is 22.8 Å². The van der Waals surface area contributed by atoms with Crippen LogP contribution in [0.5, 0.6) is 0 Å². The average Bonchev–Trinajstić information content (AvgIpc) is 3.30. The van der Waals surface area contributed by atoms with Gasteiger partial charge in [-0.1, -0.05) is 51.9 Å². The van der Waals surface area contributed by atoms with Gasteiger partial charge in [-0.15, -0.1) is 0 Å². The first-order valence-electron chi connectivity index (χ1n) is 9.52. The van der Waals surface area contributed by atoms with Gasteiger partial charge in [-0.05, 0) is 37.3 Å². The fourth-order valence-electron chi connectivity index (χ4n) is 3.11. The number of aliphatic hydroxyl groups excluding tert-OH is 1. The van der Waals surface area contributed by atoms with Gasteiger partial charge in [0.15, 0.2) is 5.76 Å². The highest BCUT2D eigenvalue weighted by molar-refractivity contribution is 5.96. The Hall–Kier alpha value is -1.62. The van der Waals surface area contributed by atoms with Crippen molar-refractivity contribution in [1.29, 1.82) is 0 Å². The second kappa shape index (κ2) is 12.7. The van der Waals surface area contributed by atoms with Gasteiger partial charge in [-0.25, -0.2) is 0 Å². The lowest BCUT2D eigenvalue weighted by Crippen LogP contribution is -2.20. The van der Waals surface area contributed by atoms with Gasteiger partial charge >= 0.3 is 5.97 Å². The minimum absolute atomic E-state index is 0.263. The third-order valence-electron chi connectivity index (χ3n) is 4.63. The molecule has 1 heterocycles. The summed E-state index contributed by atoms with van der Waals surface area (Å²) in [6.07, 6.45) is 11.7. The summed E-state index contributed by atoms with van der Waals surface area (Å²) in [5, 5.41) is 18.0. The Morgan fingerprint density at radius 1 is 1.24 bits per heavy atom. The van der Waals surface area contributed by atoms with E-state index < -0.39 is 12.1 Å². The largest absolute Gasteiger partial charge is 0.481 e. The van der Waals surface area contributed by atoms with Gasteiger partial charge in [-0.2, -0.15) is 0 Å². The number of hydrogen-bond acceptors (Lipinski definition) is 4. The summed E-state index contributed by atoms with van der Waals surface area (Å²) < 4.78 is 4.98. The molecule has 25 heavy (non-hydrogen) atoms. The van der Waals surface area contributed by atoms with Gasteiger partial charge in [0.2, 0.25) is 5.78 Å². The fraction of sp³-hybridized carbons (Fsp3) is 0.700. The zero-order valence-corrected chi connectivity index (χ0v) is 15.3. The first kappa shape index (κ1) is 21.4. The summed E-state index contributed by atoms with van der Waals surface area (Å²) in [5.74, 6) is 0.00655. The van der Waals surface area contributed by atoms with Crippen molar-refractivity contribution < 1.29 is 24.2 Å². The Morgan fingerprint density at radius 3 is 2.52 bits per heavy atom. The molecule has 0 spiro atoms. The third kappa shape index (κ3) is 9.44. The van der Waals surface area contributed by atoms with Crippen molar-refractivity contribution in [1.82, 2.24) is 0 Å². The molecule has 0 radical (unpaired) electrons. The molecule has 1 fully saturated rings. The summed E-state index contributed by atoms with van der Waals surface area (Å²) in [6.45, 7) is 2.11. The van der Waals surface area contributed by atoms with Crippen LogP contribution in [0.2, 0.25) is 0 Å². The number of Topliss-reactive ketones (excluding diaryl/α,β-unsaturated/α-hetero) is 1. The minimum atomic E-state index is -0.897. The molecule has 0 amide bonds. The lowest BCUT2D eigenvalue weighted by Gasteiger charge is -2.11. The smallest absolute Gasteiger partial charge is 0.303 e. The maximum atomic E-state index is 11.7.